The molecule has 4 N–H and O–H groups in total. The lowest BCUT2D eigenvalue weighted by molar-refractivity contribution is 0.349. The van der Waals surface area contributed by atoms with Gasteiger partial charge in [-0.1, -0.05) is 0 Å². The summed E-state index contributed by atoms with van der Waals surface area (Å²) in [5.41, 5.74) is 0. The van der Waals surface area contributed by atoms with Crippen molar-refractivity contribution in [1.29, 1.82) is 0 Å². The molecule has 0 bridgehead atoms. The molecule has 10 nitrogen and oxygen atoms in total. The fraction of sp³-hybridized carbons (Fsp3) is 0. The van der Waals surface area contributed by atoms with E-state index in [2.05, 4.69) is 8.37 Å². The minimum absolute atomic E-state index is 0.522. The summed E-state index contributed by atoms with van der Waals surface area (Å²) in [6, 6.07) is 1.04. The number of phenols is 2. The van der Waals surface area contributed by atoms with E-state index < -0.39 is 43.8 Å². The Bertz CT molecular complexity index is 635. The van der Waals surface area contributed by atoms with Crippen LogP contribution in [-0.4, -0.2) is 36.2 Å². The molecule has 1 rings (SSSR count). The van der Waals surface area contributed by atoms with Gasteiger partial charge in [0.2, 0.25) is 5.75 Å². The minimum atomic E-state index is -5.00. The second-order valence-corrected chi connectivity index (χ2v) is 4.86. The molecule has 0 radical (unpaired) electrons. The molecular formula is C6H6O10S2. The van der Waals surface area contributed by atoms with Gasteiger partial charge in [0.25, 0.3) is 0 Å². The van der Waals surface area contributed by atoms with Crippen molar-refractivity contribution in [2.75, 3.05) is 0 Å². The first-order chi connectivity index (χ1) is 7.98. The summed E-state index contributed by atoms with van der Waals surface area (Å²) in [7, 11) is -9.89. The van der Waals surface area contributed by atoms with Gasteiger partial charge in [-0.2, -0.15) is 16.8 Å². The molecule has 0 heterocycles. The second-order valence-electron chi connectivity index (χ2n) is 2.81. The predicted molar refractivity (Wildman–Crippen MR) is 54.1 cm³/mol. The maximum absolute atomic E-state index is 10.4. The van der Waals surface area contributed by atoms with Gasteiger partial charge in [-0.05, 0) is 0 Å². The minimum Gasteiger partial charge on any atom is -0.504 e. The maximum Gasteiger partial charge on any atom is 0.446 e. The first-order valence-corrected chi connectivity index (χ1v) is 6.61. The van der Waals surface area contributed by atoms with Crippen LogP contribution in [0.4, 0.5) is 0 Å². The SMILES string of the molecule is O=S(=O)(O)Oc1cc(O)c(OS(=O)(=O)O)c(O)c1. The van der Waals surface area contributed by atoms with Gasteiger partial charge >= 0.3 is 20.8 Å². The molecule has 0 saturated carbocycles. The number of phenolic OH excluding ortho intramolecular Hbond substituents is 2. The van der Waals surface area contributed by atoms with E-state index in [-0.39, 0.29) is 0 Å². The molecule has 0 atom stereocenters. The molecule has 0 spiro atoms. The molecule has 0 amide bonds. The lowest BCUT2D eigenvalue weighted by Gasteiger charge is -2.08. The average molecular weight is 302 g/mol. The van der Waals surface area contributed by atoms with Gasteiger partial charge in [-0.25, -0.2) is 0 Å². The van der Waals surface area contributed by atoms with E-state index in [1.165, 1.54) is 0 Å². The summed E-state index contributed by atoms with van der Waals surface area (Å²) in [4.78, 5) is 0. The monoisotopic (exact) mass is 302 g/mol. The average Bonchev–Trinajstić information content (AvgIpc) is 2.07. The molecule has 0 fully saturated rings. The van der Waals surface area contributed by atoms with Crippen LogP contribution in [0.1, 0.15) is 0 Å². The molecule has 0 saturated heterocycles. The third-order valence-electron chi connectivity index (χ3n) is 1.41. The Kier molecular flexibility index (Phi) is 3.57. The van der Waals surface area contributed by atoms with Gasteiger partial charge in [-0.3, -0.25) is 9.11 Å². The summed E-state index contributed by atoms with van der Waals surface area (Å²) in [5, 5.41) is 18.4. The molecule has 1 aromatic rings. The van der Waals surface area contributed by atoms with E-state index in [0.29, 0.717) is 12.1 Å². The van der Waals surface area contributed by atoms with E-state index >= 15 is 0 Å². The van der Waals surface area contributed by atoms with Crippen LogP contribution < -0.4 is 8.37 Å². The zero-order valence-electron chi connectivity index (χ0n) is 8.21. The van der Waals surface area contributed by atoms with Gasteiger partial charge in [-0.15, -0.1) is 0 Å². The fourth-order valence-corrected chi connectivity index (χ4v) is 1.65. The molecule has 1 aromatic carbocycles. The number of aromatic hydroxyl groups is 2. The zero-order valence-corrected chi connectivity index (χ0v) is 9.84. The largest absolute Gasteiger partial charge is 0.504 e. The van der Waals surface area contributed by atoms with Crippen LogP contribution in [0.2, 0.25) is 0 Å². The van der Waals surface area contributed by atoms with Crippen molar-refractivity contribution in [3.63, 3.8) is 0 Å². The Hall–Kier alpha value is -1.76. The van der Waals surface area contributed by atoms with E-state index in [4.69, 9.17) is 9.11 Å². The van der Waals surface area contributed by atoms with Crippen molar-refractivity contribution in [3.8, 4) is 23.0 Å². The highest BCUT2D eigenvalue weighted by Gasteiger charge is 2.19. The Labute approximate surface area is 101 Å². The van der Waals surface area contributed by atoms with Crippen LogP contribution in [0.3, 0.4) is 0 Å². The Balaban J connectivity index is 3.21. The van der Waals surface area contributed by atoms with Crippen LogP contribution >= 0.6 is 0 Å². The van der Waals surface area contributed by atoms with Crippen LogP contribution in [0.15, 0.2) is 12.1 Å². The maximum atomic E-state index is 10.4. The third-order valence-corrected chi connectivity index (χ3v) is 2.19. The predicted octanol–water partition coefficient (Wildman–Crippen LogP) is -0.539. The van der Waals surface area contributed by atoms with Gasteiger partial charge in [0.05, 0.1) is 0 Å². The topological polar surface area (TPSA) is 168 Å². The summed E-state index contributed by atoms with van der Waals surface area (Å²) in [5.74, 6) is -3.85. The third kappa shape index (κ3) is 4.25. The lowest BCUT2D eigenvalue weighted by Crippen LogP contribution is -2.08. The summed E-state index contributed by atoms with van der Waals surface area (Å²) < 4.78 is 65.8. The van der Waals surface area contributed by atoms with E-state index in [1.807, 2.05) is 0 Å². The van der Waals surface area contributed by atoms with Crippen LogP contribution in [0.5, 0.6) is 23.0 Å². The summed E-state index contributed by atoms with van der Waals surface area (Å²) in [6.07, 6.45) is 0. The molecule has 0 aliphatic rings. The molecule has 102 valence electrons. The quantitative estimate of drug-likeness (QED) is 0.530. The van der Waals surface area contributed by atoms with Crippen LogP contribution in [0.25, 0.3) is 0 Å². The van der Waals surface area contributed by atoms with Gasteiger partial charge in [0.15, 0.2) is 17.2 Å². The standard InChI is InChI=1S/C6H6O10S2/c7-4-1-3(15-17(9,10)11)2-5(8)6(4)16-18(12,13)14/h1-2,7-8H,(H,9,10,11)(H,12,13,14). The normalized spacial score (nSPS) is 12.1. The van der Waals surface area contributed by atoms with Crippen molar-refractivity contribution < 1.29 is 44.5 Å². The van der Waals surface area contributed by atoms with Crippen molar-refractivity contribution in [2.24, 2.45) is 0 Å². The van der Waals surface area contributed by atoms with Crippen LogP contribution in [0, 0.1) is 0 Å². The number of hydrogen-bond donors (Lipinski definition) is 4. The fourth-order valence-electron chi connectivity index (χ4n) is 0.934. The van der Waals surface area contributed by atoms with Crippen molar-refractivity contribution in [3.05, 3.63) is 12.1 Å². The molecule has 12 heteroatoms. The van der Waals surface area contributed by atoms with Gasteiger partial charge in [0, 0.05) is 12.1 Å². The first-order valence-electron chi connectivity index (χ1n) is 3.88. The second kappa shape index (κ2) is 4.49. The summed E-state index contributed by atoms with van der Waals surface area (Å²) >= 11 is 0. The van der Waals surface area contributed by atoms with Crippen LogP contribution in [-0.2, 0) is 20.8 Å². The highest BCUT2D eigenvalue weighted by atomic mass is 32.3. The number of benzene rings is 1. The molecule has 0 aliphatic carbocycles. The van der Waals surface area contributed by atoms with Crippen molar-refractivity contribution in [2.45, 2.75) is 0 Å². The van der Waals surface area contributed by atoms with Crippen molar-refractivity contribution in [1.82, 2.24) is 0 Å². The molecule has 0 aliphatic heterocycles. The number of hydrogen-bond acceptors (Lipinski definition) is 8. The highest BCUT2D eigenvalue weighted by Crippen LogP contribution is 2.40. The Morgan fingerprint density at radius 2 is 1.22 bits per heavy atom. The van der Waals surface area contributed by atoms with Gasteiger partial charge < -0.3 is 18.6 Å². The highest BCUT2D eigenvalue weighted by molar-refractivity contribution is 7.81. The van der Waals surface area contributed by atoms with E-state index in [9.17, 15) is 27.0 Å². The lowest BCUT2D eigenvalue weighted by atomic mass is 10.3. The van der Waals surface area contributed by atoms with E-state index in [0.717, 1.165) is 0 Å². The van der Waals surface area contributed by atoms with Gasteiger partial charge in [0.1, 0.15) is 0 Å². The van der Waals surface area contributed by atoms with Crippen molar-refractivity contribution >= 4 is 20.8 Å². The smallest absolute Gasteiger partial charge is 0.446 e. The Morgan fingerprint density at radius 3 is 1.56 bits per heavy atom. The molecule has 18 heavy (non-hydrogen) atoms. The Morgan fingerprint density at radius 1 is 0.833 bits per heavy atom. The summed E-state index contributed by atoms with van der Waals surface area (Å²) in [6.45, 7) is 0. The molecule has 0 aromatic heterocycles. The van der Waals surface area contributed by atoms with E-state index in [1.54, 1.807) is 0 Å². The molecule has 0 unspecified atom stereocenters. The first kappa shape index (κ1) is 14.3. The number of rotatable bonds is 4. The zero-order chi connectivity index (χ0) is 14.1. The molecular weight excluding hydrogens is 296 g/mol.